The van der Waals surface area contributed by atoms with Crippen LogP contribution in [0, 0.1) is 11.8 Å². The predicted octanol–water partition coefficient (Wildman–Crippen LogP) is 8.05. The first-order chi connectivity index (χ1) is 28.4. The van der Waals surface area contributed by atoms with E-state index < -0.39 is 24.3 Å². The number of nitrogens with one attached hydrogen (secondary N) is 3. The maximum atomic E-state index is 13.7. The van der Waals surface area contributed by atoms with Crippen molar-refractivity contribution in [1.29, 1.82) is 0 Å². The number of rotatable bonds is 11. The van der Waals surface area contributed by atoms with Gasteiger partial charge in [0.25, 0.3) is 0 Å². The summed E-state index contributed by atoms with van der Waals surface area (Å²) < 4.78 is 11.6. The van der Waals surface area contributed by atoms with Crippen LogP contribution < -0.4 is 10.6 Å². The van der Waals surface area contributed by atoms with Crippen LogP contribution in [0.4, 0.5) is 9.59 Å². The molecule has 3 N–H and O–H groups in total. The van der Waals surface area contributed by atoms with Gasteiger partial charge in [0.2, 0.25) is 11.8 Å². The van der Waals surface area contributed by atoms with Crippen molar-refractivity contribution in [3.05, 3.63) is 84.7 Å². The number of H-pyrrole nitrogens is 1. The van der Waals surface area contributed by atoms with Crippen molar-refractivity contribution >= 4 is 57.6 Å². The van der Waals surface area contributed by atoms with Crippen LogP contribution in [-0.4, -0.2) is 90.9 Å². The molecule has 2 fully saturated rings. The van der Waals surface area contributed by atoms with Gasteiger partial charge in [-0.2, -0.15) is 0 Å². The Hall–Kier alpha value is -5.45. The monoisotopic (exact) mass is 914 g/mol. The fourth-order valence-electron chi connectivity index (χ4n) is 8.21. The number of halogens is 1. The lowest BCUT2D eigenvalue weighted by atomic mass is 9.98. The molecule has 0 radical (unpaired) electrons. The van der Waals surface area contributed by atoms with Crippen molar-refractivity contribution < 1.29 is 28.7 Å². The number of aromatic nitrogens is 4. The Labute approximate surface area is 357 Å². The van der Waals surface area contributed by atoms with Crippen molar-refractivity contribution in [3.8, 4) is 33.6 Å². The van der Waals surface area contributed by atoms with Gasteiger partial charge in [0.15, 0.2) is 0 Å². The summed E-state index contributed by atoms with van der Waals surface area (Å²) in [5.74, 6) is 1.05. The lowest BCUT2D eigenvalue weighted by molar-refractivity contribution is -0.136. The summed E-state index contributed by atoms with van der Waals surface area (Å²) in [7, 11) is 2.59. The number of aromatic amines is 1. The van der Waals surface area contributed by atoms with E-state index in [2.05, 4.69) is 99.1 Å². The molecule has 0 saturated carbocycles. The second kappa shape index (κ2) is 17.8. The second-order valence-electron chi connectivity index (χ2n) is 15.9. The molecule has 5 aromatic rings. The highest BCUT2D eigenvalue weighted by molar-refractivity contribution is 14.1. The lowest BCUT2D eigenvalue weighted by Gasteiger charge is -2.30. The molecular weight excluding hydrogens is 863 g/mol. The van der Waals surface area contributed by atoms with Crippen LogP contribution in [0.3, 0.4) is 0 Å². The Bertz CT molecular complexity index is 2340. The molecule has 4 heterocycles. The van der Waals surface area contributed by atoms with E-state index in [-0.39, 0.29) is 35.7 Å². The number of likely N-dealkylation sites (tertiary alicyclic amines) is 2. The summed E-state index contributed by atoms with van der Waals surface area (Å²) in [6, 6.07) is 19.4. The van der Waals surface area contributed by atoms with E-state index in [4.69, 9.17) is 19.4 Å². The van der Waals surface area contributed by atoms with Crippen molar-refractivity contribution in [2.24, 2.45) is 11.8 Å². The Kier molecular flexibility index (Phi) is 12.6. The largest absolute Gasteiger partial charge is 0.453 e. The molecule has 4 amide bonds. The number of amides is 4. The van der Waals surface area contributed by atoms with E-state index >= 15 is 0 Å². The maximum Gasteiger partial charge on any atom is 0.407 e. The van der Waals surface area contributed by atoms with Crippen molar-refractivity contribution in [1.82, 2.24) is 38.2 Å². The highest BCUT2D eigenvalue weighted by Crippen LogP contribution is 2.37. The number of methoxy groups -OCH3 is 2. The number of nitrogens with zero attached hydrogens (tertiary/aromatic N) is 5. The van der Waals surface area contributed by atoms with E-state index in [0.717, 1.165) is 81.7 Å². The molecule has 0 spiro atoms. The van der Waals surface area contributed by atoms with E-state index in [1.807, 2.05) is 52.7 Å². The quantitative estimate of drug-likeness (QED) is 0.112. The minimum Gasteiger partial charge on any atom is -0.453 e. The third-order valence-corrected chi connectivity index (χ3v) is 12.5. The van der Waals surface area contributed by atoms with Gasteiger partial charge in [-0.25, -0.2) is 19.6 Å². The summed E-state index contributed by atoms with van der Waals surface area (Å²) in [5, 5.41) is 7.61. The molecular formula is C44H51IN8O6. The summed E-state index contributed by atoms with van der Waals surface area (Å²) in [6.07, 6.45) is 5.71. The summed E-state index contributed by atoms with van der Waals surface area (Å²) >= 11 is 2.27. The number of carbonyl (C=O) groups is 4. The van der Waals surface area contributed by atoms with Gasteiger partial charge >= 0.3 is 12.2 Å². The molecule has 15 heteroatoms. The molecule has 59 heavy (non-hydrogen) atoms. The van der Waals surface area contributed by atoms with Gasteiger partial charge in [-0.1, -0.05) is 76.2 Å². The SMILES string of the molecule is COC(=O)N[C@H](C(=O)N1CCC[C@H]1c1ncc(-c2ccc3cc(-c4ccc(-c5cnc([C@@H]6CCCN6C(=O)[C@@H](NC(=O)OC)C(C)C)n5I)cc4)ccc3c2)[nH]1)C(C)C. The Morgan fingerprint density at radius 3 is 1.78 bits per heavy atom. The van der Waals surface area contributed by atoms with Crippen LogP contribution in [0.1, 0.15) is 77.1 Å². The molecule has 4 atom stereocenters. The van der Waals surface area contributed by atoms with Crippen molar-refractivity contribution in [2.45, 2.75) is 77.5 Å². The van der Waals surface area contributed by atoms with Crippen LogP contribution in [0.15, 0.2) is 73.1 Å². The molecule has 2 aliphatic rings. The van der Waals surface area contributed by atoms with Crippen molar-refractivity contribution in [2.75, 3.05) is 27.3 Å². The molecule has 3 aromatic carbocycles. The van der Waals surface area contributed by atoms with E-state index in [1.54, 1.807) is 0 Å². The highest BCUT2D eigenvalue weighted by Gasteiger charge is 2.39. The molecule has 0 aliphatic carbocycles. The second-order valence-corrected chi connectivity index (χ2v) is 16.9. The number of alkyl carbamates (subject to hydrolysis) is 2. The fourth-order valence-corrected chi connectivity index (χ4v) is 9.05. The molecule has 2 saturated heterocycles. The Morgan fingerprint density at radius 2 is 1.20 bits per heavy atom. The number of carbonyl (C=O) groups excluding carboxylic acids is 4. The third kappa shape index (κ3) is 8.66. The third-order valence-electron chi connectivity index (χ3n) is 11.5. The van der Waals surface area contributed by atoms with Crippen LogP contribution in [0.2, 0.25) is 0 Å². The number of hydrogen-bond donors (Lipinski definition) is 3. The van der Waals surface area contributed by atoms with Crippen LogP contribution in [0.5, 0.6) is 0 Å². The minimum absolute atomic E-state index is 0.106. The van der Waals surface area contributed by atoms with Gasteiger partial charge in [-0.3, -0.25) is 12.4 Å². The number of fused-ring (bicyclic) bond motifs is 1. The molecule has 7 rings (SSSR count). The first-order valence-electron chi connectivity index (χ1n) is 20.1. The first-order valence-corrected chi connectivity index (χ1v) is 21.1. The van der Waals surface area contributed by atoms with Crippen molar-refractivity contribution in [3.63, 3.8) is 0 Å². The van der Waals surface area contributed by atoms with Gasteiger partial charge in [0, 0.05) is 24.2 Å². The average Bonchev–Trinajstić information content (AvgIpc) is 4.08. The van der Waals surface area contributed by atoms with Gasteiger partial charge in [0.05, 0.1) is 72.9 Å². The van der Waals surface area contributed by atoms with E-state index in [9.17, 15) is 19.2 Å². The summed E-state index contributed by atoms with van der Waals surface area (Å²) in [6.45, 7) is 8.82. The average molecular weight is 915 g/mol. The number of imidazole rings is 2. The fraction of sp³-hybridized carbons (Fsp3) is 0.409. The van der Waals surface area contributed by atoms with Gasteiger partial charge in [0.1, 0.15) is 23.7 Å². The standard InChI is InChI=1S/C44H51IN8O6/c1-25(2)37(49-43(56)58-5)41(54)51-19-7-9-34(51)39-46-23-33(48-39)32-18-17-30-21-29(15-16-31(30)22-32)27-11-13-28(14-12-27)36-24-47-40(53(36)45)35-10-8-20-52(35)42(55)38(26(3)4)50-44(57)59-6/h11-18,21-26,34-35,37-38H,7-10,19-20H2,1-6H3,(H,46,48)(H,49,56)(H,50,57)/t34-,35-,37-,38-/m0/s1. The van der Waals surface area contributed by atoms with Gasteiger partial charge in [-0.05, 0) is 71.6 Å². The number of hydrogen-bond acceptors (Lipinski definition) is 8. The zero-order valence-corrected chi connectivity index (χ0v) is 36.4. The zero-order chi connectivity index (χ0) is 42.0. The highest BCUT2D eigenvalue weighted by atomic mass is 127. The first kappa shape index (κ1) is 41.7. The molecule has 14 nitrogen and oxygen atoms in total. The van der Waals surface area contributed by atoms with E-state index in [1.165, 1.54) is 14.2 Å². The smallest absolute Gasteiger partial charge is 0.407 e. The maximum absolute atomic E-state index is 13.7. The Balaban J connectivity index is 1.04. The van der Waals surface area contributed by atoms with Gasteiger partial charge in [-0.15, -0.1) is 0 Å². The zero-order valence-electron chi connectivity index (χ0n) is 34.2. The molecule has 0 bridgehead atoms. The number of ether oxygens (including phenoxy) is 2. The molecule has 310 valence electrons. The van der Waals surface area contributed by atoms with Crippen LogP contribution in [0.25, 0.3) is 44.4 Å². The molecule has 2 aliphatic heterocycles. The van der Waals surface area contributed by atoms with Crippen LogP contribution in [-0.2, 0) is 19.1 Å². The lowest BCUT2D eigenvalue weighted by Crippen LogP contribution is -2.51. The summed E-state index contributed by atoms with van der Waals surface area (Å²) in [4.78, 5) is 67.9. The van der Waals surface area contributed by atoms with Crippen LogP contribution >= 0.6 is 22.9 Å². The normalized spacial score (nSPS) is 17.7. The van der Waals surface area contributed by atoms with Gasteiger partial charge < -0.3 is 34.9 Å². The van der Waals surface area contributed by atoms with E-state index in [0.29, 0.717) is 13.1 Å². The topological polar surface area (TPSA) is 164 Å². The summed E-state index contributed by atoms with van der Waals surface area (Å²) in [5.41, 5.74) is 5.99. The molecule has 2 aromatic heterocycles. The predicted molar refractivity (Wildman–Crippen MR) is 233 cm³/mol. The molecule has 0 unspecified atom stereocenters. The Morgan fingerprint density at radius 1 is 0.695 bits per heavy atom. The minimum atomic E-state index is -0.689. The number of benzene rings is 3.